The van der Waals surface area contributed by atoms with Gasteiger partial charge in [0.2, 0.25) is 0 Å². The van der Waals surface area contributed by atoms with E-state index in [0.29, 0.717) is 11.1 Å². The highest BCUT2D eigenvalue weighted by Crippen LogP contribution is 2.41. The lowest BCUT2D eigenvalue weighted by molar-refractivity contribution is -0.140. The lowest BCUT2D eigenvalue weighted by atomic mass is 10.1. The third kappa shape index (κ3) is 3.88. The molecule has 3 nitrogen and oxygen atoms in total. The maximum absolute atomic E-state index is 13.3. The van der Waals surface area contributed by atoms with Crippen molar-refractivity contribution in [3.8, 4) is 10.4 Å². The van der Waals surface area contributed by atoms with Gasteiger partial charge >= 0.3 is 6.18 Å². The Hall–Kier alpha value is -2.67. The van der Waals surface area contributed by atoms with Crippen LogP contribution in [0.15, 0.2) is 54.6 Å². The average Bonchev–Trinajstić information content (AvgIpc) is 3.00. The van der Waals surface area contributed by atoms with E-state index in [-0.39, 0.29) is 10.0 Å². The van der Waals surface area contributed by atoms with Gasteiger partial charge in [-0.05, 0) is 24.6 Å². The van der Waals surface area contributed by atoms with Crippen LogP contribution in [0.5, 0.6) is 0 Å². The molecule has 128 valence electrons. The standard InChI is InChI=1S/C18H13F3N2OS/c1-11-7-9-13(10-8-11)16(24)23-17-22-15(18(19,20)21)14(25-17)12-5-3-2-4-6-12/h2-10H,1H3,(H,22,23,24). The van der Waals surface area contributed by atoms with E-state index in [1.54, 1.807) is 54.6 Å². The van der Waals surface area contributed by atoms with Crippen molar-refractivity contribution in [3.63, 3.8) is 0 Å². The van der Waals surface area contributed by atoms with Gasteiger partial charge < -0.3 is 0 Å². The zero-order chi connectivity index (χ0) is 18.0. The van der Waals surface area contributed by atoms with Crippen molar-refractivity contribution < 1.29 is 18.0 Å². The van der Waals surface area contributed by atoms with E-state index in [9.17, 15) is 18.0 Å². The van der Waals surface area contributed by atoms with Gasteiger partial charge in [-0.1, -0.05) is 59.4 Å². The summed E-state index contributed by atoms with van der Waals surface area (Å²) in [6, 6.07) is 14.9. The summed E-state index contributed by atoms with van der Waals surface area (Å²) in [5.41, 5.74) is 0.748. The molecular formula is C18H13F3N2OS. The first-order chi connectivity index (χ1) is 11.8. The molecular weight excluding hydrogens is 349 g/mol. The summed E-state index contributed by atoms with van der Waals surface area (Å²) in [6.45, 7) is 1.88. The second kappa shape index (κ2) is 6.68. The second-order valence-corrected chi connectivity index (χ2v) is 6.38. The molecule has 7 heteroatoms. The number of aromatic nitrogens is 1. The number of halogens is 3. The van der Waals surface area contributed by atoms with Gasteiger partial charge in [-0.25, -0.2) is 4.98 Å². The van der Waals surface area contributed by atoms with Crippen LogP contribution in [0, 0.1) is 6.92 Å². The van der Waals surface area contributed by atoms with Crippen LogP contribution >= 0.6 is 11.3 Å². The van der Waals surface area contributed by atoms with E-state index in [1.807, 2.05) is 6.92 Å². The summed E-state index contributed by atoms with van der Waals surface area (Å²) in [4.78, 5) is 15.8. The molecule has 1 N–H and O–H groups in total. The molecule has 3 rings (SSSR count). The van der Waals surface area contributed by atoms with Crippen molar-refractivity contribution >= 4 is 22.4 Å². The second-order valence-electron chi connectivity index (χ2n) is 5.38. The molecule has 0 fully saturated rings. The molecule has 0 aliphatic carbocycles. The fourth-order valence-corrected chi connectivity index (χ4v) is 3.21. The van der Waals surface area contributed by atoms with Gasteiger partial charge in [0.05, 0.1) is 4.88 Å². The predicted octanol–water partition coefficient (Wildman–Crippen LogP) is 5.39. The molecule has 0 aliphatic rings. The summed E-state index contributed by atoms with van der Waals surface area (Å²) in [5.74, 6) is -0.498. The lowest BCUT2D eigenvalue weighted by Gasteiger charge is -2.05. The Labute approximate surface area is 146 Å². The topological polar surface area (TPSA) is 42.0 Å². The first-order valence-corrected chi connectivity index (χ1v) is 8.18. The highest BCUT2D eigenvalue weighted by atomic mass is 32.1. The number of nitrogens with zero attached hydrogens (tertiary/aromatic N) is 1. The van der Waals surface area contributed by atoms with Crippen molar-refractivity contribution in [2.45, 2.75) is 13.1 Å². The Kier molecular flexibility index (Phi) is 4.59. The molecule has 0 bridgehead atoms. The summed E-state index contributed by atoms with van der Waals surface area (Å²) in [5, 5.41) is 2.36. The number of thiazole rings is 1. The zero-order valence-corrected chi connectivity index (χ0v) is 13.9. The van der Waals surface area contributed by atoms with E-state index >= 15 is 0 Å². The largest absolute Gasteiger partial charge is 0.434 e. The number of carbonyl (C=O) groups excluding carboxylic acids is 1. The van der Waals surface area contributed by atoms with Crippen molar-refractivity contribution in [1.29, 1.82) is 0 Å². The Morgan fingerprint density at radius 3 is 2.28 bits per heavy atom. The number of aryl methyl sites for hydroxylation is 1. The van der Waals surface area contributed by atoms with Crippen molar-refractivity contribution in [2.75, 3.05) is 5.32 Å². The molecule has 25 heavy (non-hydrogen) atoms. The molecule has 3 aromatic rings. The third-order valence-electron chi connectivity index (χ3n) is 3.47. The number of alkyl halides is 3. The molecule has 0 radical (unpaired) electrons. The number of amides is 1. The molecule has 0 saturated heterocycles. The normalized spacial score (nSPS) is 11.4. The fraction of sp³-hybridized carbons (Fsp3) is 0.111. The van der Waals surface area contributed by atoms with Crippen LogP contribution in [0.25, 0.3) is 10.4 Å². The first kappa shape index (κ1) is 17.2. The monoisotopic (exact) mass is 362 g/mol. The molecule has 0 unspecified atom stereocenters. The number of anilines is 1. The van der Waals surface area contributed by atoms with Gasteiger partial charge in [-0.15, -0.1) is 0 Å². The van der Waals surface area contributed by atoms with E-state index in [0.717, 1.165) is 16.9 Å². The smallest absolute Gasteiger partial charge is 0.298 e. The van der Waals surface area contributed by atoms with E-state index in [4.69, 9.17) is 0 Å². The lowest BCUT2D eigenvalue weighted by Crippen LogP contribution is -2.12. The summed E-state index contributed by atoms with van der Waals surface area (Å²) >= 11 is 0.803. The fourth-order valence-electron chi connectivity index (χ4n) is 2.23. The quantitative estimate of drug-likeness (QED) is 0.679. The van der Waals surface area contributed by atoms with Crippen LogP contribution in [-0.2, 0) is 6.18 Å². The van der Waals surface area contributed by atoms with Crippen molar-refractivity contribution in [1.82, 2.24) is 4.98 Å². The van der Waals surface area contributed by atoms with Crippen molar-refractivity contribution in [2.24, 2.45) is 0 Å². The van der Waals surface area contributed by atoms with E-state index in [2.05, 4.69) is 10.3 Å². The molecule has 1 heterocycles. The molecule has 0 saturated carbocycles. The highest BCUT2D eigenvalue weighted by molar-refractivity contribution is 7.19. The van der Waals surface area contributed by atoms with Gasteiger partial charge in [-0.2, -0.15) is 13.2 Å². The van der Waals surface area contributed by atoms with Crippen molar-refractivity contribution in [3.05, 3.63) is 71.4 Å². The predicted molar refractivity (Wildman–Crippen MR) is 91.7 cm³/mol. The maximum Gasteiger partial charge on any atom is 0.434 e. The minimum Gasteiger partial charge on any atom is -0.298 e. The summed E-state index contributed by atoms with van der Waals surface area (Å²) in [6.07, 6.45) is -4.60. The molecule has 0 spiro atoms. The van der Waals surface area contributed by atoms with Gasteiger partial charge in [0.25, 0.3) is 5.91 Å². The average molecular weight is 362 g/mol. The minimum atomic E-state index is -4.60. The van der Waals surface area contributed by atoms with Crippen LogP contribution in [-0.4, -0.2) is 10.9 Å². The first-order valence-electron chi connectivity index (χ1n) is 7.36. The Morgan fingerprint density at radius 1 is 1.04 bits per heavy atom. The number of benzene rings is 2. The number of hydrogen-bond donors (Lipinski definition) is 1. The van der Waals surface area contributed by atoms with Gasteiger partial charge in [0, 0.05) is 5.56 Å². The van der Waals surface area contributed by atoms with Crippen LogP contribution < -0.4 is 5.32 Å². The molecule has 1 amide bonds. The summed E-state index contributed by atoms with van der Waals surface area (Å²) < 4.78 is 39.9. The van der Waals surface area contributed by atoms with E-state index < -0.39 is 17.8 Å². The Morgan fingerprint density at radius 2 is 1.68 bits per heavy atom. The van der Waals surface area contributed by atoms with Crippen LogP contribution in [0.1, 0.15) is 21.6 Å². The number of rotatable bonds is 3. The Bertz CT molecular complexity index is 887. The SMILES string of the molecule is Cc1ccc(C(=O)Nc2nc(C(F)(F)F)c(-c3ccccc3)s2)cc1. The van der Waals surface area contributed by atoms with E-state index in [1.165, 1.54) is 0 Å². The summed E-state index contributed by atoms with van der Waals surface area (Å²) in [7, 11) is 0. The maximum atomic E-state index is 13.3. The van der Waals surface area contributed by atoms with Crippen LogP contribution in [0.2, 0.25) is 0 Å². The van der Waals surface area contributed by atoms with Crippen LogP contribution in [0.4, 0.5) is 18.3 Å². The number of carbonyl (C=O) groups is 1. The molecule has 0 atom stereocenters. The Balaban J connectivity index is 1.94. The molecule has 1 aromatic heterocycles. The third-order valence-corrected chi connectivity index (χ3v) is 4.49. The van der Waals surface area contributed by atoms with Gasteiger partial charge in [0.1, 0.15) is 0 Å². The number of nitrogens with one attached hydrogen (secondary N) is 1. The molecule has 2 aromatic carbocycles. The van der Waals surface area contributed by atoms with Gasteiger partial charge in [-0.3, -0.25) is 10.1 Å². The number of hydrogen-bond acceptors (Lipinski definition) is 3. The minimum absolute atomic E-state index is 0.0210. The molecule has 0 aliphatic heterocycles. The highest BCUT2D eigenvalue weighted by Gasteiger charge is 2.38. The van der Waals surface area contributed by atoms with Crippen LogP contribution in [0.3, 0.4) is 0 Å². The van der Waals surface area contributed by atoms with Gasteiger partial charge in [0.15, 0.2) is 10.8 Å². The zero-order valence-electron chi connectivity index (χ0n) is 13.1.